The summed E-state index contributed by atoms with van der Waals surface area (Å²) in [6.07, 6.45) is 1.48. The first-order chi connectivity index (χ1) is 17.6. The molecule has 178 valence electrons. The molecule has 0 atom stereocenters. The van der Waals surface area contributed by atoms with Gasteiger partial charge in [-0.1, -0.05) is 151 Å². The summed E-state index contributed by atoms with van der Waals surface area (Å²) in [5.41, 5.74) is 2.07. The van der Waals surface area contributed by atoms with Crippen molar-refractivity contribution in [1.82, 2.24) is 4.98 Å². The first kappa shape index (κ1) is 25.0. The van der Waals surface area contributed by atoms with Gasteiger partial charge in [0.05, 0.1) is 0 Å². The lowest BCUT2D eigenvalue weighted by Crippen LogP contribution is -2.19. The van der Waals surface area contributed by atoms with Crippen molar-refractivity contribution >= 4 is 56.9 Å². The number of aromatic nitrogens is 1. The van der Waals surface area contributed by atoms with Gasteiger partial charge in [-0.3, -0.25) is 4.98 Å². The standard InChI is InChI=1S/C31H27NP2S2/c35-33(28-16-5-1-6-17-28,29-18-7-2-8-19-29)24-26-14-13-15-27(32-26)25-34(36,30-20-9-3-10-21-30)31-22-11-4-12-23-31/h1-23H,24-25H2. The molecular weight excluding hydrogens is 512 g/mol. The summed E-state index contributed by atoms with van der Waals surface area (Å²) < 4.78 is 0. The van der Waals surface area contributed by atoms with Gasteiger partial charge in [-0.15, -0.1) is 0 Å². The maximum Gasteiger partial charge on any atom is 0.0463 e. The summed E-state index contributed by atoms with van der Waals surface area (Å²) in [4.78, 5) is 5.17. The van der Waals surface area contributed by atoms with Crippen LogP contribution in [-0.4, -0.2) is 4.98 Å². The van der Waals surface area contributed by atoms with E-state index < -0.39 is 12.1 Å². The molecule has 0 N–H and O–H groups in total. The van der Waals surface area contributed by atoms with E-state index in [2.05, 4.69) is 115 Å². The average molecular weight is 540 g/mol. The second-order valence-electron chi connectivity index (χ2n) is 8.76. The fourth-order valence-electron chi connectivity index (χ4n) is 4.50. The van der Waals surface area contributed by atoms with E-state index in [0.29, 0.717) is 0 Å². The molecule has 5 aromatic rings. The molecule has 0 bridgehead atoms. The van der Waals surface area contributed by atoms with E-state index >= 15 is 0 Å². The van der Waals surface area contributed by atoms with Crippen molar-refractivity contribution in [2.45, 2.75) is 12.3 Å². The van der Waals surface area contributed by atoms with Crippen LogP contribution < -0.4 is 21.2 Å². The van der Waals surface area contributed by atoms with Crippen LogP contribution in [0.2, 0.25) is 0 Å². The Balaban J connectivity index is 1.53. The summed E-state index contributed by atoms with van der Waals surface area (Å²) in [6.45, 7) is 0. The van der Waals surface area contributed by atoms with Gasteiger partial charge >= 0.3 is 0 Å². The predicted octanol–water partition coefficient (Wildman–Crippen LogP) is 6.34. The van der Waals surface area contributed by atoms with Crippen molar-refractivity contribution in [3.8, 4) is 0 Å². The van der Waals surface area contributed by atoms with Crippen LogP contribution in [0.5, 0.6) is 0 Å². The van der Waals surface area contributed by atoms with Gasteiger partial charge in [0.1, 0.15) is 0 Å². The minimum absolute atomic E-state index is 0.740. The number of nitrogens with zero attached hydrogens (tertiary/aromatic N) is 1. The van der Waals surface area contributed by atoms with Gasteiger partial charge in [0.2, 0.25) is 0 Å². The molecule has 0 radical (unpaired) electrons. The van der Waals surface area contributed by atoms with Gasteiger partial charge in [0, 0.05) is 35.8 Å². The van der Waals surface area contributed by atoms with Crippen LogP contribution >= 0.6 is 12.1 Å². The van der Waals surface area contributed by atoms with E-state index in [1.807, 2.05) is 24.3 Å². The lowest BCUT2D eigenvalue weighted by Gasteiger charge is -2.25. The van der Waals surface area contributed by atoms with E-state index in [0.717, 1.165) is 23.7 Å². The molecule has 0 aliphatic rings. The Labute approximate surface area is 224 Å². The fourth-order valence-corrected chi connectivity index (χ4v) is 12.0. The third-order valence-corrected chi connectivity index (χ3v) is 15.7. The summed E-state index contributed by atoms with van der Waals surface area (Å²) in [5, 5.41) is 4.88. The van der Waals surface area contributed by atoms with Gasteiger partial charge in [0.25, 0.3) is 0 Å². The first-order valence-electron chi connectivity index (χ1n) is 11.9. The Morgan fingerprint density at radius 3 is 0.944 bits per heavy atom. The molecule has 1 heterocycles. The van der Waals surface area contributed by atoms with Crippen molar-refractivity contribution in [2.24, 2.45) is 0 Å². The lowest BCUT2D eigenvalue weighted by molar-refractivity contribution is 1.09. The Morgan fingerprint density at radius 2 is 0.667 bits per heavy atom. The molecule has 0 unspecified atom stereocenters. The average Bonchev–Trinajstić information content (AvgIpc) is 2.95. The molecule has 0 saturated heterocycles. The van der Waals surface area contributed by atoms with Crippen LogP contribution in [-0.2, 0) is 35.9 Å². The highest BCUT2D eigenvalue weighted by Crippen LogP contribution is 2.49. The summed E-state index contributed by atoms with van der Waals surface area (Å²) in [6, 6.07) is 44.4. The van der Waals surface area contributed by atoms with Gasteiger partial charge < -0.3 is 0 Å². The first-order valence-corrected chi connectivity index (χ1v) is 17.9. The molecular formula is C31H27NP2S2. The summed E-state index contributed by atoms with van der Waals surface area (Å²) in [7, 11) is 0. The van der Waals surface area contributed by atoms with Crippen LogP contribution in [0.3, 0.4) is 0 Å². The van der Waals surface area contributed by atoms with Crippen LogP contribution in [0.1, 0.15) is 11.4 Å². The lowest BCUT2D eigenvalue weighted by atomic mass is 10.3. The van der Waals surface area contributed by atoms with Crippen molar-refractivity contribution in [3.05, 3.63) is 151 Å². The molecule has 0 aliphatic heterocycles. The predicted molar refractivity (Wildman–Crippen MR) is 165 cm³/mol. The molecule has 1 aromatic heterocycles. The topological polar surface area (TPSA) is 12.9 Å². The highest BCUT2D eigenvalue weighted by molar-refractivity contribution is 8.21. The van der Waals surface area contributed by atoms with E-state index in [-0.39, 0.29) is 0 Å². The van der Waals surface area contributed by atoms with E-state index in [1.54, 1.807) is 0 Å². The largest absolute Gasteiger partial charge is 0.257 e. The number of rotatable bonds is 8. The monoisotopic (exact) mass is 539 g/mol. The van der Waals surface area contributed by atoms with Crippen molar-refractivity contribution in [1.29, 1.82) is 0 Å². The SMILES string of the molecule is S=P(Cc1cccc(CP(=S)(c2ccccc2)c2ccccc2)n1)(c1ccccc1)c1ccccc1. The van der Waals surface area contributed by atoms with Gasteiger partial charge in [0.15, 0.2) is 0 Å². The van der Waals surface area contributed by atoms with Gasteiger partial charge in [-0.2, -0.15) is 0 Å². The summed E-state index contributed by atoms with van der Waals surface area (Å²) >= 11 is 13.0. The van der Waals surface area contributed by atoms with E-state index in [9.17, 15) is 0 Å². The van der Waals surface area contributed by atoms with Crippen molar-refractivity contribution < 1.29 is 0 Å². The minimum atomic E-state index is -2.08. The smallest absolute Gasteiger partial charge is 0.0463 e. The van der Waals surface area contributed by atoms with Crippen molar-refractivity contribution in [2.75, 3.05) is 0 Å². The Bertz CT molecular complexity index is 1320. The molecule has 0 saturated carbocycles. The summed E-state index contributed by atoms with van der Waals surface area (Å²) in [5.74, 6) is 0. The van der Waals surface area contributed by atoms with Crippen LogP contribution in [0, 0.1) is 0 Å². The molecule has 0 spiro atoms. The number of hydrogen-bond donors (Lipinski definition) is 0. The molecule has 0 aliphatic carbocycles. The van der Waals surface area contributed by atoms with Gasteiger partial charge in [-0.25, -0.2) is 0 Å². The van der Waals surface area contributed by atoms with Crippen LogP contribution in [0.25, 0.3) is 0 Å². The second-order valence-corrected chi connectivity index (χ2v) is 18.2. The van der Waals surface area contributed by atoms with E-state index in [1.165, 1.54) is 21.2 Å². The molecule has 4 aromatic carbocycles. The fraction of sp³-hybridized carbons (Fsp3) is 0.0645. The Kier molecular flexibility index (Phi) is 7.75. The quantitative estimate of drug-likeness (QED) is 0.214. The normalized spacial score (nSPS) is 11.8. The Morgan fingerprint density at radius 1 is 0.389 bits per heavy atom. The zero-order valence-electron chi connectivity index (χ0n) is 19.9. The molecule has 5 rings (SSSR count). The van der Waals surface area contributed by atoms with E-state index in [4.69, 9.17) is 28.6 Å². The third-order valence-electron chi connectivity index (χ3n) is 6.33. The Hall–Kier alpha value is -2.67. The second kappa shape index (κ2) is 11.2. The molecule has 1 nitrogen and oxygen atoms in total. The number of benzene rings is 4. The molecule has 0 amide bonds. The van der Waals surface area contributed by atoms with Crippen molar-refractivity contribution in [3.63, 3.8) is 0 Å². The third kappa shape index (κ3) is 5.36. The highest BCUT2D eigenvalue weighted by atomic mass is 32.4. The molecule has 36 heavy (non-hydrogen) atoms. The number of pyridine rings is 1. The zero-order valence-corrected chi connectivity index (χ0v) is 23.3. The van der Waals surface area contributed by atoms with Crippen LogP contribution in [0.4, 0.5) is 0 Å². The van der Waals surface area contributed by atoms with Crippen LogP contribution in [0.15, 0.2) is 140 Å². The van der Waals surface area contributed by atoms with Gasteiger partial charge in [-0.05, 0) is 33.4 Å². The molecule has 5 heteroatoms. The number of hydrogen-bond acceptors (Lipinski definition) is 3. The highest BCUT2D eigenvalue weighted by Gasteiger charge is 2.26. The zero-order chi connectivity index (χ0) is 24.8. The maximum absolute atomic E-state index is 6.48. The minimum Gasteiger partial charge on any atom is -0.257 e. The maximum atomic E-state index is 6.48. The molecule has 0 fully saturated rings.